The van der Waals surface area contributed by atoms with E-state index < -0.39 is 0 Å². The molecule has 0 aliphatic heterocycles. The van der Waals surface area contributed by atoms with Crippen molar-refractivity contribution in [3.63, 3.8) is 0 Å². The van der Waals surface area contributed by atoms with Crippen LogP contribution in [0.3, 0.4) is 0 Å². The lowest BCUT2D eigenvalue weighted by Crippen LogP contribution is -1.86. The molecule has 0 nitrogen and oxygen atoms in total. The standard InChI is InChI=1S/C12H14/c1-2-5-10-8-9-11-6-3-4-7-12(10)11/h2-7,10H,8-9H2,1H3. The second-order valence-corrected chi connectivity index (χ2v) is 3.37. The van der Waals surface area contributed by atoms with Crippen LogP contribution in [-0.2, 0) is 6.42 Å². The van der Waals surface area contributed by atoms with Crippen LogP contribution >= 0.6 is 0 Å². The van der Waals surface area contributed by atoms with Gasteiger partial charge in [-0.1, -0.05) is 36.4 Å². The molecule has 0 heteroatoms. The number of allylic oxidation sites excluding steroid dienone is 2. The van der Waals surface area contributed by atoms with E-state index >= 15 is 0 Å². The first-order valence-corrected chi connectivity index (χ1v) is 4.62. The van der Waals surface area contributed by atoms with Gasteiger partial charge in [0.1, 0.15) is 0 Å². The lowest BCUT2D eigenvalue weighted by atomic mass is 10.0. The van der Waals surface area contributed by atoms with Gasteiger partial charge < -0.3 is 0 Å². The number of benzene rings is 1. The first kappa shape index (κ1) is 7.60. The van der Waals surface area contributed by atoms with E-state index in [9.17, 15) is 0 Å². The first-order valence-electron chi connectivity index (χ1n) is 4.62. The zero-order valence-corrected chi connectivity index (χ0v) is 7.46. The van der Waals surface area contributed by atoms with Crippen molar-refractivity contribution in [1.29, 1.82) is 0 Å². The summed E-state index contributed by atoms with van der Waals surface area (Å²) in [5.74, 6) is 0.686. The van der Waals surface area contributed by atoms with Crippen molar-refractivity contribution >= 4 is 0 Å². The lowest BCUT2D eigenvalue weighted by molar-refractivity contribution is 0.813. The lowest BCUT2D eigenvalue weighted by Gasteiger charge is -2.03. The molecule has 1 aliphatic carbocycles. The molecule has 0 amide bonds. The van der Waals surface area contributed by atoms with Crippen LogP contribution in [0.25, 0.3) is 0 Å². The van der Waals surface area contributed by atoms with Crippen molar-refractivity contribution in [3.8, 4) is 0 Å². The van der Waals surface area contributed by atoms with Gasteiger partial charge in [0.15, 0.2) is 0 Å². The van der Waals surface area contributed by atoms with Crippen molar-refractivity contribution in [2.24, 2.45) is 0 Å². The first-order chi connectivity index (χ1) is 5.92. The second-order valence-electron chi connectivity index (χ2n) is 3.37. The molecule has 1 aromatic carbocycles. The molecule has 1 atom stereocenters. The van der Waals surface area contributed by atoms with Crippen LogP contribution in [0, 0.1) is 0 Å². The molecule has 1 aromatic rings. The van der Waals surface area contributed by atoms with Gasteiger partial charge in [0, 0.05) is 5.92 Å². The van der Waals surface area contributed by atoms with E-state index in [2.05, 4.69) is 43.3 Å². The normalized spacial score (nSPS) is 21.6. The molecule has 0 N–H and O–H groups in total. The summed E-state index contributed by atoms with van der Waals surface area (Å²) in [7, 11) is 0. The fraction of sp³-hybridized carbons (Fsp3) is 0.333. The Morgan fingerprint density at radius 3 is 3.00 bits per heavy atom. The Bertz CT molecular complexity index is 297. The van der Waals surface area contributed by atoms with E-state index in [1.54, 1.807) is 5.56 Å². The van der Waals surface area contributed by atoms with Gasteiger partial charge in [-0.2, -0.15) is 0 Å². The van der Waals surface area contributed by atoms with Gasteiger partial charge in [0.25, 0.3) is 0 Å². The van der Waals surface area contributed by atoms with Crippen LogP contribution in [0.5, 0.6) is 0 Å². The molecule has 0 aromatic heterocycles. The number of fused-ring (bicyclic) bond motifs is 1. The maximum absolute atomic E-state index is 2.31. The summed E-state index contributed by atoms with van der Waals surface area (Å²) in [6.07, 6.45) is 7.02. The van der Waals surface area contributed by atoms with Crippen LogP contribution in [-0.4, -0.2) is 0 Å². The minimum Gasteiger partial charge on any atom is -0.0910 e. The summed E-state index contributed by atoms with van der Waals surface area (Å²) < 4.78 is 0. The summed E-state index contributed by atoms with van der Waals surface area (Å²) in [5, 5.41) is 0. The molecule has 0 bridgehead atoms. The second kappa shape index (κ2) is 3.14. The fourth-order valence-corrected chi connectivity index (χ4v) is 2.02. The van der Waals surface area contributed by atoms with E-state index in [0.717, 1.165) is 0 Å². The largest absolute Gasteiger partial charge is 0.0910 e. The number of hydrogen-bond donors (Lipinski definition) is 0. The predicted molar refractivity (Wildman–Crippen MR) is 52.3 cm³/mol. The third-order valence-electron chi connectivity index (χ3n) is 2.60. The molecule has 2 rings (SSSR count). The van der Waals surface area contributed by atoms with Crippen LogP contribution in [0.4, 0.5) is 0 Å². The molecule has 0 saturated carbocycles. The Labute approximate surface area is 73.9 Å². The summed E-state index contributed by atoms with van der Waals surface area (Å²) >= 11 is 0. The summed E-state index contributed by atoms with van der Waals surface area (Å²) in [4.78, 5) is 0. The molecular formula is C12H14. The Hall–Kier alpha value is -1.04. The average Bonchev–Trinajstić information content (AvgIpc) is 2.50. The number of hydrogen-bond acceptors (Lipinski definition) is 0. The average molecular weight is 158 g/mol. The van der Waals surface area contributed by atoms with Gasteiger partial charge in [0.2, 0.25) is 0 Å². The maximum atomic E-state index is 2.31. The summed E-state index contributed by atoms with van der Waals surface area (Å²) in [5.41, 5.74) is 3.08. The van der Waals surface area contributed by atoms with Gasteiger partial charge in [-0.25, -0.2) is 0 Å². The minimum absolute atomic E-state index is 0.686. The van der Waals surface area contributed by atoms with Gasteiger partial charge in [-0.15, -0.1) is 0 Å². The number of rotatable bonds is 1. The van der Waals surface area contributed by atoms with Gasteiger partial charge >= 0.3 is 0 Å². The van der Waals surface area contributed by atoms with Gasteiger partial charge in [0.05, 0.1) is 0 Å². The zero-order chi connectivity index (χ0) is 8.39. The molecule has 0 spiro atoms. The molecule has 1 aliphatic rings. The molecule has 1 unspecified atom stereocenters. The van der Waals surface area contributed by atoms with Gasteiger partial charge in [-0.3, -0.25) is 0 Å². The molecular weight excluding hydrogens is 144 g/mol. The van der Waals surface area contributed by atoms with E-state index in [4.69, 9.17) is 0 Å². The minimum atomic E-state index is 0.686. The Morgan fingerprint density at radius 1 is 1.33 bits per heavy atom. The Morgan fingerprint density at radius 2 is 2.17 bits per heavy atom. The SMILES string of the molecule is CC=CC1CCc2ccccc21. The van der Waals surface area contributed by atoms with E-state index in [-0.39, 0.29) is 0 Å². The predicted octanol–water partition coefficient (Wildman–Crippen LogP) is 3.29. The van der Waals surface area contributed by atoms with Crippen LogP contribution < -0.4 is 0 Å². The highest BCUT2D eigenvalue weighted by Crippen LogP contribution is 2.33. The zero-order valence-electron chi connectivity index (χ0n) is 7.46. The van der Waals surface area contributed by atoms with Crippen molar-refractivity contribution in [3.05, 3.63) is 47.5 Å². The van der Waals surface area contributed by atoms with Crippen molar-refractivity contribution in [2.45, 2.75) is 25.7 Å². The van der Waals surface area contributed by atoms with E-state index in [0.29, 0.717) is 5.92 Å². The Kier molecular flexibility index (Phi) is 1.99. The fourth-order valence-electron chi connectivity index (χ4n) is 2.02. The smallest absolute Gasteiger partial charge is 0.00237 e. The molecule has 0 fully saturated rings. The molecule has 0 heterocycles. The van der Waals surface area contributed by atoms with Crippen LogP contribution in [0.1, 0.15) is 30.4 Å². The topological polar surface area (TPSA) is 0 Å². The monoisotopic (exact) mass is 158 g/mol. The maximum Gasteiger partial charge on any atom is 0.00237 e. The van der Waals surface area contributed by atoms with Crippen molar-refractivity contribution in [2.75, 3.05) is 0 Å². The highest BCUT2D eigenvalue weighted by Gasteiger charge is 2.18. The van der Waals surface area contributed by atoms with Crippen LogP contribution in [0.2, 0.25) is 0 Å². The molecule has 12 heavy (non-hydrogen) atoms. The molecule has 0 saturated heterocycles. The third-order valence-corrected chi connectivity index (χ3v) is 2.60. The van der Waals surface area contributed by atoms with E-state index in [1.807, 2.05) is 0 Å². The molecule has 62 valence electrons. The van der Waals surface area contributed by atoms with Crippen molar-refractivity contribution < 1.29 is 0 Å². The molecule has 0 radical (unpaired) electrons. The van der Waals surface area contributed by atoms with E-state index in [1.165, 1.54) is 18.4 Å². The quantitative estimate of drug-likeness (QED) is 0.550. The summed E-state index contributed by atoms with van der Waals surface area (Å²) in [6.45, 7) is 2.10. The highest BCUT2D eigenvalue weighted by molar-refractivity contribution is 5.37. The number of aryl methyl sites for hydroxylation is 1. The van der Waals surface area contributed by atoms with Crippen molar-refractivity contribution in [1.82, 2.24) is 0 Å². The highest BCUT2D eigenvalue weighted by atomic mass is 14.2. The Balaban J connectivity index is 2.36. The summed E-state index contributed by atoms with van der Waals surface area (Å²) in [6, 6.07) is 8.78. The third kappa shape index (κ3) is 1.18. The van der Waals surface area contributed by atoms with Gasteiger partial charge in [-0.05, 0) is 30.9 Å². The van der Waals surface area contributed by atoms with Crippen LogP contribution in [0.15, 0.2) is 36.4 Å².